The summed E-state index contributed by atoms with van der Waals surface area (Å²) in [7, 11) is -1.35. The molecular formula is C10H17ClN4O2S. The highest BCUT2D eigenvalue weighted by molar-refractivity contribution is 7.89. The summed E-state index contributed by atoms with van der Waals surface area (Å²) >= 11 is 5.53. The van der Waals surface area contributed by atoms with Gasteiger partial charge in [-0.3, -0.25) is 0 Å². The molecule has 1 aliphatic heterocycles. The number of nitrogens with zero attached hydrogens (tertiary/aromatic N) is 4. The lowest BCUT2D eigenvalue weighted by atomic mass is 9.99. The van der Waals surface area contributed by atoms with Gasteiger partial charge in [0.1, 0.15) is 12.2 Å². The Morgan fingerprint density at radius 3 is 2.94 bits per heavy atom. The minimum atomic E-state index is -3.23. The molecule has 1 aromatic heterocycles. The van der Waals surface area contributed by atoms with E-state index in [0.717, 1.165) is 18.7 Å². The van der Waals surface area contributed by atoms with Crippen molar-refractivity contribution in [1.82, 2.24) is 19.1 Å². The van der Waals surface area contributed by atoms with Gasteiger partial charge in [0.15, 0.2) is 0 Å². The van der Waals surface area contributed by atoms with E-state index in [4.69, 9.17) is 11.6 Å². The lowest BCUT2D eigenvalue weighted by Crippen LogP contribution is -2.41. The van der Waals surface area contributed by atoms with Crippen LogP contribution in [0.1, 0.15) is 24.6 Å². The number of sulfonamides is 1. The van der Waals surface area contributed by atoms with Crippen LogP contribution < -0.4 is 0 Å². The molecule has 2 rings (SSSR count). The van der Waals surface area contributed by atoms with Crippen LogP contribution in [0.2, 0.25) is 0 Å². The van der Waals surface area contributed by atoms with E-state index < -0.39 is 10.0 Å². The highest BCUT2D eigenvalue weighted by Gasteiger charge is 2.30. The van der Waals surface area contributed by atoms with Crippen LogP contribution in [0.5, 0.6) is 0 Å². The number of hydrogen-bond acceptors (Lipinski definition) is 4. The number of halogens is 1. The average Bonchev–Trinajstić information content (AvgIpc) is 2.76. The molecule has 1 saturated heterocycles. The van der Waals surface area contributed by atoms with Crippen molar-refractivity contribution in [2.45, 2.75) is 18.8 Å². The van der Waals surface area contributed by atoms with E-state index in [1.165, 1.54) is 4.31 Å². The topological polar surface area (TPSA) is 68.1 Å². The quantitative estimate of drug-likeness (QED) is 0.761. The molecule has 102 valence electrons. The van der Waals surface area contributed by atoms with Crippen LogP contribution in [0.15, 0.2) is 6.33 Å². The predicted molar refractivity (Wildman–Crippen MR) is 69.1 cm³/mol. The van der Waals surface area contributed by atoms with E-state index in [0.29, 0.717) is 13.1 Å². The van der Waals surface area contributed by atoms with Gasteiger partial charge in [-0.15, -0.1) is 21.8 Å². The minimum absolute atomic E-state index is 0.0000903. The number of rotatable bonds is 4. The molecule has 0 amide bonds. The summed E-state index contributed by atoms with van der Waals surface area (Å²) in [6.07, 6.45) is 3.43. The largest absolute Gasteiger partial charge is 0.320 e. The van der Waals surface area contributed by atoms with Gasteiger partial charge < -0.3 is 4.57 Å². The Bertz CT molecular complexity index is 502. The molecule has 0 bridgehead atoms. The molecule has 1 atom stereocenters. The standard InChI is InChI=1S/C10H17ClN4O2S/c1-14-8-12-13-10(14)9-3-2-5-15(7-9)18(16,17)6-4-11/h8-9H,2-7H2,1H3. The van der Waals surface area contributed by atoms with E-state index in [1.807, 2.05) is 11.6 Å². The number of alkyl halides is 1. The Labute approximate surface area is 112 Å². The van der Waals surface area contributed by atoms with Gasteiger partial charge >= 0.3 is 0 Å². The van der Waals surface area contributed by atoms with Crippen LogP contribution in [0.4, 0.5) is 0 Å². The molecule has 1 aliphatic rings. The van der Waals surface area contributed by atoms with Gasteiger partial charge in [0, 0.05) is 31.9 Å². The maximum Gasteiger partial charge on any atom is 0.215 e. The molecule has 0 aromatic carbocycles. The van der Waals surface area contributed by atoms with Gasteiger partial charge in [-0.25, -0.2) is 12.7 Å². The van der Waals surface area contributed by atoms with E-state index in [2.05, 4.69) is 10.2 Å². The first-order valence-corrected chi connectivity index (χ1v) is 8.06. The summed E-state index contributed by atoms with van der Waals surface area (Å²) in [4.78, 5) is 0. The van der Waals surface area contributed by atoms with Crippen LogP contribution in [-0.4, -0.2) is 52.2 Å². The molecule has 18 heavy (non-hydrogen) atoms. The Morgan fingerprint density at radius 2 is 2.33 bits per heavy atom. The van der Waals surface area contributed by atoms with Crippen molar-refractivity contribution in [2.75, 3.05) is 24.7 Å². The highest BCUT2D eigenvalue weighted by atomic mass is 35.5. The molecule has 0 spiro atoms. The zero-order valence-electron chi connectivity index (χ0n) is 10.3. The van der Waals surface area contributed by atoms with Crippen molar-refractivity contribution < 1.29 is 8.42 Å². The maximum atomic E-state index is 12.0. The zero-order valence-corrected chi connectivity index (χ0v) is 11.9. The van der Waals surface area contributed by atoms with Gasteiger partial charge in [0.2, 0.25) is 10.0 Å². The Hall–Kier alpha value is -0.660. The summed E-state index contributed by atoms with van der Waals surface area (Å²) in [5.74, 6) is 1.10. The molecule has 0 radical (unpaired) electrons. The van der Waals surface area contributed by atoms with E-state index in [-0.39, 0.29) is 17.6 Å². The molecule has 1 fully saturated rings. The van der Waals surface area contributed by atoms with E-state index in [1.54, 1.807) is 6.33 Å². The van der Waals surface area contributed by atoms with Crippen LogP contribution in [0.25, 0.3) is 0 Å². The summed E-state index contributed by atoms with van der Waals surface area (Å²) in [6.45, 7) is 1.05. The monoisotopic (exact) mass is 292 g/mol. The zero-order chi connectivity index (χ0) is 13.2. The molecule has 6 nitrogen and oxygen atoms in total. The van der Waals surface area contributed by atoms with Gasteiger partial charge in [0.05, 0.1) is 5.75 Å². The van der Waals surface area contributed by atoms with Crippen LogP contribution in [-0.2, 0) is 17.1 Å². The normalized spacial score (nSPS) is 22.2. The molecular weight excluding hydrogens is 276 g/mol. The lowest BCUT2D eigenvalue weighted by molar-refractivity contribution is 0.306. The molecule has 0 saturated carbocycles. The molecule has 1 aromatic rings. The van der Waals surface area contributed by atoms with Gasteiger partial charge in [-0.2, -0.15) is 0 Å². The third kappa shape index (κ3) is 2.84. The first-order chi connectivity index (χ1) is 8.54. The van der Waals surface area contributed by atoms with Gasteiger partial charge in [-0.05, 0) is 12.8 Å². The Balaban J connectivity index is 2.12. The molecule has 2 heterocycles. The van der Waals surface area contributed by atoms with E-state index in [9.17, 15) is 8.42 Å². The van der Waals surface area contributed by atoms with Crippen molar-refractivity contribution in [3.63, 3.8) is 0 Å². The summed E-state index contributed by atoms with van der Waals surface area (Å²) in [5.41, 5.74) is 0. The average molecular weight is 293 g/mol. The maximum absolute atomic E-state index is 12.0. The van der Waals surface area contributed by atoms with E-state index >= 15 is 0 Å². The smallest absolute Gasteiger partial charge is 0.215 e. The van der Waals surface area contributed by atoms with Crippen molar-refractivity contribution in [3.8, 4) is 0 Å². The summed E-state index contributed by atoms with van der Waals surface area (Å²) < 4.78 is 27.3. The number of aromatic nitrogens is 3. The highest BCUT2D eigenvalue weighted by Crippen LogP contribution is 2.26. The van der Waals surface area contributed by atoms with Crippen molar-refractivity contribution in [3.05, 3.63) is 12.2 Å². The van der Waals surface area contributed by atoms with Crippen LogP contribution in [0.3, 0.4) is 0 Å². The van der Waals surface area contributed by atoms with Gasteiger partial charge in [-0.1, -0.05) is 0 Å². The fraction of sp³-hybridized carbons (Fsp3) is 0.800. The molecule has 8 heteroatoms. The Kier molecular flexibility index (Phi) is 4.24. The predicted octanol–water partition coefficient (Wildman–Crippen LogP) is 0.563. The number of hydrogen-bond donors (Lipinski definition) is 0. The first-order valence-electron chi connectivity index (χ1n) is 5.92. The van der Waals surface area contributed by atoms with Crippen molar-refractivity contribution in [2.24, 2.45) is 7.05 Å². The second-order valence-corrected chi connectivity index (χ2v) is 6.97. The minimum Gasteiger partial charge on any atom is -0.320 e. The number of piperidine rings is 1. The fourth-order valence-electron chi connectivity index (χ4n) is 2.29. The second kappa shape index (κ2) is 5.54. The fourth-order valence-corrected chi connectivity index (χ4v) is 4.15. The molecule has 1 unspecified atom stereocenters. The SMILES string of the molecule is Cn1cnnc1C1CCCN(S(=O)(=O)CCCl)C1. The van der Waals surface area contributed by atoms with Crippen molar-refractivity contribution in [1.29, 1.82) is 0 Å². The Morgan fingerprint density at radius 1 is 1.56 bits per heavy atom. The third-order valence-corrected chi connectivity index (χ3v) is 5.48. The second-order valence-electron chi connectivity index (χ2n) is 4.50. The molecule has 0 N–H and O–H groups in total. The first kappa shape index (κ1) is 13.8. The van der Waals surface area contributed by atoms with Crippen molar-refractivity contribution >= 4 is 21.6 Å². The van der Waals surface area contributed by atoms with Crippen LogP contribution in [0, 0.1) is 0 Å². The summed E-state index contributed by atoms with van der Waals surface area (Å²) in [6, 6.07) is 0. The summed E-state index contributed by atoms with van der Waals surface area (Å²) in [5, 5.41) is 7.91. The lowest BCUT2D eigenvalue weighted by Gasteiger charge is -2.31. The van der Waals surface area contributed by atoms with Crippen LogP contribution >= 0.6 is 11.6 Å². The molecule has 0 aliphatic carbocycles. The third-order valence-electron chi connectivity index (χ3n) is 3.22. The number of aryl methyl sites for hydroxylation is 1. The van der Waals surface area contributed by atoms with Gasteiger partial charge in [0.25, 0.3) is 0 Å².